The van der Waals surface area contributed by atoms with E-state index in [2.05, 4.69) is 47.6 Å². The van der Waals surface area contributed by atoms with Gasteiger partial charge in [0.15, 0.2) is 0 Å². The lowest BCUT2D eigenvalue weighted by atomic mass is 10.3. The van der Waals surface area contributed by atoms with Gasteiger partial charge in [-0.15, -0.1) is 10.2 Å². The van der Waals surface area contributed by atoms with Crippen molar-refractivity contribution in [2.45, 2.75) is 13.8 Å². The largest absolute Gasteiger partial charge is 0.272 e. The third-order valence-corrected chi connectivity index (χ3v) is 2.50. The van der Waals surface area contributed by atoms with Gasteiger partial charge in [0.1, 0.15) is 18.5 Å². The Balaban J connectivity index is 0.000000686. The minimum atomic E-state index is 0.785. The molecule has 4 nitrogen and oxygen atoms in total. The van der Waals surface area contributed by atoms with E-state index >= 15 is 0 Å². The Morgan fingerprint density at radius 3 is 2.47 bits per heavy atom. The normalized spacial score (nSPS) is 8.65. The van der Waals surface area contributed by atoms with E-state index in [4.69, 9.17) is 0 Å². The highest BCUT2D eigenvalue weighted by Crippen LogP contribution is 2.08. The van der Waals surface area contributed by atoms with Crippen molar-refractivity contribution in [2.24, 2.45) is 0 Å². The summed E-state index contributed by atoms with van der Waals surface area (Å²) < 4.78 is 1.74. The van der Waals surface area contributed by atoms with E-state index in [1.165, 1.54) is 8.93 Å². The molecule has 0 fully saturated rings. The Morgan fingerprint density at radius 2 is 1.94 bits per heavy atom. The van der Waals surface area contributed by atoms with Crippen LogP contribution in [0.1, 0.15) is 19.4 Å². The highest BCUT2D eigenvalue weighted by Gasteiger charge is 1.96. The topological polar surface area (TPSA) is 43.6 Å². The third kappa shape index (κ3) is 4.36. The van der Waals surface area contributed by atoms with E-state index in [1.54, 1.807) is 23.4 Å². The zero-order valence-electron chi connectivity index (χ0n) is 9.46. The zero-order chi connectivity index (χ0) is 12.5. The average molecular weight is 358 g/mol. The maximum Gasteiger partial charge on any atom is 0.139 e. The van der Waals surface area contributed by atoms with Gasteiger partial charge in [0, 0.05) is 33.0 Å². The SMILES string of the molecule is CC.ISC#Cc1ccc(-n2cnnc2)nc1. The number of rotatable bonds is 1. The Kier molecular flexibility index (Phi) is 6.65. The zero-order valence-corrected chi connectivity index (χ0v) is 12.4. The summed E-state index contributed by atoms with van der Waals surface area (Å²) in [4.78, 5) is 4.24. The minimum absolute atomic E-state index is 0.785. The van der Waals surface area contributed by atoms with Gasteiger partial charge in [0.25, 0.3) is 0 Å². The Morgan fingerprint density at radius 1 is 1.24 bits per heavy atom. The molecule has 0 atom stereocenters. The predicted molar refractivity (Wildman–Crippen MR) is 79.0 cm³/mol. The molecule has 88 valence electrons. The van der Waals surface area contributed by atoms with E-state index in [0.717, 1.165) is 11.4 Å². The molecule has 0 saturated carbocycles. The number of halogens is 1. The van der Waals surface area contributed by atoms with Crippen molar-refractivity contribution in [3.8, 4) is 17.0 Å². The van der Waals surface area contributed by atoms with Crippen LogP contribution in [-0.4, -0.2) is 19.7 Å². The molecular weight excluding hydrogens is 347 g/mol. The van der Waals surface area contributed by atoms with Crippen molar-refractivity contribution in [3.05, 3.63) is 36.5 Å². The molecule has 2 rings (SSSR count). The summed E-state index contributed by atoms with van der Waals surface area (Å²) in [6, 6.07) is 3.80. The van der Waals surface area contributed by atoms with Gasteiger partial charge in [-0.3, -0.25) is 4.57 Å². The highest BCUT2D eigenvalue weighted by molar-refractivity contribution is 14.2. The first-order valence-corrected chi connectivity index (χ1v) is 8.36. The summed E-state index contributed by atoms with van der Waals surface area (Å²) in [5.41, 5.74) is 0.899. The molecule has 2 aromatic heterocycles. The fourth-order valence-electron chi connectivity index (χ4n) is 1.01. The molecule has 0 aliphatic carbocycles. The third-order valence-electron chi connectivity index (χ3n) is 1.67. The van der Waals surface area contributed by atoms with Crippen LogP contribution < -0.4 is 0 Å². The van der Waals surface area contributed by atoms with Crippen molar-refractivity contribution in [1.82, 2.24) is 19.7 Å². The molecule has 0 spiro atoms. The molecular formula is C11H11IN4S. The highest BCUT2D eigenvalue weighted by atomic mass is 127. The fraction of sp³-hybridized carbons (Fsp3) is 0.182. The lowest BCUT2D eigenvalue weighted by Gasteiger charge is -1.98. The standard InChI is InChI=1S/C9H5IN4S.C2H6/c10-15-4-3-8-1-2-9(11-5-8)14-6-12-13-7-14;1-2/h1-2,5-7H;1-2H3. The van der Waals surface area contributed by atoms with Crippen molar-refractivity contribution >= 4 is 30.1 Å². The number of hydrogen-bond acceptors (Lipinski definition) is 4. The number of hydrogen-bond donors (Lipinski definition) is 0. The summed E-state index contributed by atoms with van der Waals surface area (Å²) in [7, 11) is 1.45. The summed E-state index contributed by atoms with van der Waals surface area (Å²) in [6.07, 6.45) is 4.94. The molecule has 6 heteroatoms. The minimum Gasteiger partial charge on any atom is -0.272 e. The Labute approximate surface area is 117 Å². The summed E-state index contributed by atoms with van der Waals surface area (Å²) in [5.74, 6) is 3.75. The van der Waals surface area contributed by atoms with Crippen LogP contribution >= 0.6 is 30.1 Å². The smallest absolute Gasteiger partial charge is 0.139 e. The molecule has 0 aliphatic rings. The van der Waals surface area contributed by atoms with E-state index in [0.29, 0.717) is 0 Å². The second kappa shape index (κ2) is 8.08. The number of aromatic nitrogens is 4. The molecule has 17 heavy (non-hydrogen) atoms. The first-order valence-electron chi connectivity index (χ1n) is 5.00. The van der Waals surface area contributed by atoms with Gasteiger partial charge in [-0.25, -0.2) is 4.98 Å². The molecule has 0 radical (unpaired) electrons. The van der Waals surface area contributed by atoms with Crippen LogP contribution in [0.25, 0.3) is 5.82 Å². The molecule has 2 heterocycles. The van der Waals surface area contributed by atoms with Gasteiger partial charge in [0.2, 0.25) is 0 Å². The van der Waals surface area contributed by atoms with Crippen LogP contribution in [0.4, 0.5) is 0 Å². The second-order valence-electron chi connectivity index (χ2n) is 2.58. The van der Waals surface area contributed by atoms with E-state index < -0.39 is 0 Å². The van der Waals surface area contributed by atoms with Crippen LogP contribution in [0, 0.1) is 11.2 Å². The van der Waals surface area contributed by atoms with Crippen molar-refractivity contribution in [1.29, 1.82) is 0 Å². The lowest BCUT2D eigenvalue weighted by Crippen LogP contribution is -1.93. The first-order chi connectivity index (χ1) is 8.40. The number of pyridine rings is 1. The molecule has 0 bridgehead atoms. The van der Waals surface area contributed by atoms with Crippen LogP contribution in [0.5, 0.6) is 0 Å². The molecule has 0 N–H and O–H groups in total. The van der Waals surface area contributed by atoms with Crippen LogP contribution in [-0.2, 0) is 0 Å². The van der Waals surface area contributed by atoms with Gasteiger partial charge in [-0.2, -0.15) is 0 Å². The van der Waals surface area contributed by atoms with Crippen molar-refractivity contribution < 1.29 is 0 Å². The van der Waals surface area contributed by atoms with E-state index in [-0.39, 0.29) is 0 Å². The summed E-state index contributed by atoms with van der Waals surface area (Å²) >= 11 is 2.13. The van der Waals surface area contributed by atoms with Crippen molar-refractivity contribution in [2.75, 3.05) is 0 Å². The van der Waals surface area contributed by atoms with Crippen LogP contribution in [0.2, 0.25) is 0 Å². The lowest BCUT2D eigenvalue weighted by molar-refractivity contribution is 0.989. The van der Waals surface area contributed by atoms with E-state index in [1.807, 2.05) is 26.0 Å². The van der Waals surface area contributed by atoms with Crippen molar-refractivity contribution in [3.63, 3.8) is 0 Å². The maximum absolute atomic E-state index is 4.24. The van der Waals surface area contributed by atoms with Gasteiger partial charge < -0.3 is 0 Å². The monoisotopic (exact) mass is 358 g/mol. The predicted octanol–water partition coefficient (Wildman–Crippen LogP) is 3.08. The second-order valence-corrected chi connectivity index (χ2v) is 4.26. The Bertz CT molecular complexity index is 484. The molecule has 0 aliphatic heterocycles. The van der Waals surface area contributed by atoms with Gasteiger partial charge in [-0.1, -0.05) is 19.8 Å². The molecule has 0 aromatic carbocycles. The average Bonchev–Trinajstić information content (AvgIpc) is 2.93. The Hall–Kier alpha value is -1.07. The van der Waals surface area contributed by atoms with Crippen LogP contribution in [0.15, 0.2) is 31.0 Å². The summed E-state index contributed by atoms with van der Waals surface area (Å²) in [6.45, 7) is 4.00. The quantitative estimate of drug-likeness (QED) is 0.581. The molecule has 0 saturated heterocycles. The maximum atomic E-state index is 4.24. The molecule has 0 unspecified atom stereocenters. The summed E-state index contributed by atoms with van der Waals surface area (Å²) in [5, 5.41) is 10.3. The molecule has 2 aromatic rings. The van der Waals surface area contributed by atoms with Crippen LogP contribution in [0.3, 0.4) is 0 Å². The fourth-order valence-corrected chi connectivity index (χ4v) is 1.50. The molecule has 0 amide bonds. The number of nitrogens with zero attached hydrogens (tertiary/aromatic N) is 4. The van der Waals surface area contributed by atoms with Gasteiger partial charge >= 0.3 is 0 Å². The van der Waals surface area contributed by atoms with E-state index in [9.17, 15) is 0 Å². The van der Waals surface area contributed by atoms with Gasteiger partial charge in [0.05, 0.1) is 0 Å². The van der Waals surface area contributed by atoms with Gasteiger partial charge in [-0.05, 0) is 26.3 Å². The first kappa shape index (κ1) is 14.0.